The third-order valence-corrected chi connectivity index (χ3v) is 3.83. The Balaban J connectivity index is 2.01. The molecule has 1 atom stereocenters. The number of aryl methyl sites for hydroxylation is 1. The van der Waals surface area contributed by atoms with E-state index in [0.29, 0.717) is 5.56 Å². The number of aromatic amines is 1. The summed E-state index contributed by atoms with van der Waals surface area (Å²) in [6, 6.07) is 9.63. The summed E-state index contributed by atoms with van der Waals surface area (Å²) in [7, 11) is 0. The van der Waals surface area contributed by atoms with Crippen molar-refractivity contribution in [3.63, 3.8) is 0 Å². The minimum Gasteiger partial charge on any atom is -0.350 e. The molecule has 0 fully saturated rings. The molecule has 0 radical (unpaired) electrons. The highest BCUT2D eigenvalue weighted by Crippen LogP contribution is 2.07. The Kier molecular flexibility index (Phi) is 6.11. The number of carbonyl (C=O) groups is 2. The molecule has 0 aliphatic rings. The normalized spacial score (nSPS) is 11.8. The molecular weight excluding hydrogens is 318 g/mol. The lowest BCUT2D eigenvalue weighted by molar-refractivity contribution is -0.124. The number of pyridine rings is 1. The van der Waals surface area contributed by atoms with Gasteiger partial charge in [0.1, 0.15) is 6.04 Å². The number of nitrogens with one attached hydrogen (secondary N) is 3. The molecule has 2 amide bonds. The van der Waals surface area contributed by atoms with E-state index in [1.807, 2.05) is 32.9 Å². The molecule has 1 aromatic carbocycles. The van der Waals surface area contributed by atoms with Crippen LogP contribution in [-0.2, 0) is 11.3 Å². The van der Waals surface area contributed by atoms with Gasteiger partial charge in [0.2, 0.25) is 11.5 Å². The lowest BCUT2D eigenvalue weighted by Crippen LogP contribution is -2.49. The second-order valence-electron chi connectivity index (χ2n) is 6.34. The van der Waals surface area contributed by atoms with Gasteiger partial charge in [0.25, 0.3) is 5.91 Å². The van der Waals surface area contributed by atoms with Gasteiger partial charge in [-0.2, -0.15) is 0 Å². The van der Waals surface area contributed by atoms with Crippen LogP contribution >= 0.6 is 0 Å². The second kappa shape index (κ2) is 8.28. The van der Waals surface area contributed by atoms with E-state index in [9.17, 15) is 14.4 Å². The van der Waals surface area contributed by atoms with E-state index in [2.05, 4.69) is 15.6 Å². The van der Waals surface area contributed by atoms with E-state index in [4.69, 9.17) is 0 Å². The third-order valence-electron chi connectivity index (χ3n) is 3.83. The summed E-state index contributed by atoms with van der Waals surface area (Å²) in [5, 5.41) is 5.59. The fraction of sp³-hybridized carbons (Fsp3) is 0.316. The van der Waals surface area contributed by atoms with Crippen molar-refractivity contribution < 1.29 is 9.59 Å². The SMILES string of the molecule is Cc1cccc(C(=O)NC(C(=O)NCc2ccc(=O)[nH]c2)C(C)C)c1. The predicted octanol–water partition coefficient (Wildman–Crippen LogP) is 1.75. The number of H-pyrrole nitrogens is 1. The number of rotatable bonds is 6. The number of benzene rings is 1. The first-order valence-corrected chi connectivity index (χ1v) is 8.19. The smallest absolute Gasteiger partial charge is 0.251 e. The van der Waals surface area contributed by atoms with Gasteiger partial charge in [-0.25, -0.2) is 0 Å². The van der Waals surface area contributed by atoms with Crippen molar-refractivity contribution in [1.29, 1.82) is 0 Å². The maximum absolute atomic E-state index is 12.5. The molecule has 3 N–H and O–H groups in total. The fourth-order valence-corrected chi connectivity index (χ4v) is 2.40. The van der Waals surface area contributed by atoms with E-state index >= 15 is 0 Å². The monoisotopic (exact) mass is 341 g/mol. The van der Waals surface area contributed by atoms with Crippen LogP contribution in [0.15, 0.2) is 47.4 Å². The molecule has 1 aromatic heterocycles. The minimum atomic E-state index is -0.643. The van der Waals surface area contributed by atoms with E-state index in [0.717, 1.165) is 11.1 Å². The zero-order valence-corrected chi connectivity index (χ0v) is 14.6. The predicted molar refractivity (Wildman–Crippen MR) is 96.2 cm³/mol. The Bertz CT molecular complexity index is 791. The number of aromatic nitrogens is 1. The van der Waals surface area contributed by atoms with Gasteiger partial charge >= 0.3 is 0 Å². The first kappa shape index (κ1) is 18.4. The van der Waals surface area contributed by atoms with Gasteiger partial charge in [-0.1, -0.05) is 37.6 Å². The van der Waals surface area contributed by atoms with Crippen LogP contribution in [0.3, 0.4) is 0 Å². The standard InChI is InChI=1S/C19H23N3O3/c1-12(2)17(22-18(24)15-6-4-5-13(3)9-15)19(25)21-11-14-7-8-16(23)20-10-14/h4-10,12,17H,11H2,1-3H3,(H,20,23)(H,21,25)(H,22,24). The average molecular weight is 341 g/mol. The van der Waals surface area contributed by atoms with Crippen LogP contribution in [0.2, 0.25) is 0 Å². The highest BCUT2D eigenvalue weighted by molar-refractivity contribution is 5.97. The van der Waals surface area contributed by atoms with E-state index in [1.165, 1.54) is 6.07 Å². The maximum Gasteiger partial charge on any atom is 0.251 e. The van der Waals surface area contributed by atoms with Gasteiger partial charge in [0.05, 0.1) is 0 Å². The Morgan fingerprint density at radius 2 is 1.92 bits per heavy atom. The molecule has 0 bridgehead atoms. The van der Waals surface area contributed by atoms with Crippen molar-refractivity contribution in [2.45, 2.75) is 33.4 Å². The van der Waals surface area contributed by atoms with Crippen LogP contribution in [0.5, 0.6) is 0 Å². The first-order chi connectivity index (χ1) is 11.9. The lowest BCUT2D eigenvalue weighted by atomic mass is 10.0. The van der Waals surface area contributed by atoms with E-state index in [-0.39, 0.29) is 29.8 Å². The van der Waals surface area contributed by atoms with Gasteiger partial charge in [-0.05, 0) is 30.5 Å². The molecule has 6 heteroatoms. The van der Waals surface area contributed by atoms with E-state index in [1.54, 1.807) is 24.4 Å². The van der Waals surface area contributed by atoms with Crippen LogP contribution in [0, 0.1) is 12.8 Å². The topological polar surface area (TPSA) is 91.1 Å². The molecule has 1 unspecified atom stereocenters. The molecule has 0 spiro atoms. The fourth-order valence-electron chi connectivity index (χ4n) is 2.40. The highest BCUT2D eigenvalue weighted by atomic mass is 16.2. The Hall–Kier alpha value is -2.89. The van der Waals surface area contributed by atoms with Crippen molar-refractivity contribution in [3.05, 3.63) is 69.6 Å². The molecule has 2 aromatic rings. The molecule has 1 heterocycles. The summed E-state index contributed by atoms with van der Waals surface area (Å²) in [4.78, 5) is 38.5. The third kappa shape index (κ3) is 5.31. The summed E-state index contributed by atoms with van der Waals surface area (Å²) in [5.74, 6) is -0.604. The van der Waals surface area contributed by atoms with Gasteiger partial charge in [0.15, 0.2) is 0 Å². The quantitative estimate of drug-likeness (QED) is 0.747. The molecule has 2 rings (SSSR count). The summed E-state index contributed by atoms with van der Waals surface area (Å²) in [6.07, 6.45) is 1.55. The molecule has 0 saturated heterocycles. The summed E-state index contributed by atoms with van der Waals surface area (Å²) in [5.41, 5.74) is 2.09. The molecule has 0 saturated carbocycles. The molecule has 25 heavy (non-hydrogen) atoms. The first-order valence-electron chi connectivity index (χ1n) is 8.19. The number of hydrogen-bond donors (Lipinski definition) is 3. The van der Waals surface area contributed by atoms with Crippen LogP contribution in [0.4, 0.5) is 0 Å². The van der Waals surface area contributed by atoms with Crippen molar-refractivity contribution in [1.82, 2.24) is 15.6 Å². The second-order valence-corrected chi connectivity index (χ2v) is 6.34. The summed E-state index contributed by atoms with van der Waals surface area (Å²) >= 11 is 0. The van der Waals surface area contributed by atoms with Crippen LogP contribution in [0.1, 0.15) is 35.3 Å². The largest absolute Gasteiger partial charge is 0.350 e. The molecule has 0 aliphatic carbocycles. The zero-order valence-electron chi connectivity index (χ0n) is 14.6. The number of hydrogen-bond acceptors (Lipinski definition) is 3. The minimum absolute atomic E-state index is 0.0654. The molecule has 132 valence electrons. The van der Waals surface area contributed by atoms with Crippen LogP contribution in [-0.4, -0.2) is 22.8 Å². The Labute approximate surface area is 146 Å². The van der Waals surface area contributed by atoms with Gasteiger partial charge in [-0.15, -0.1) is 0 Å². The highest BCUT2D eigenvalue weighted by Gasteiger charge is 2.24. The van der Waals surface area contributed by atoms with Crippen molar-refractivity contribution in [3.8, 4) is 0 Å². The van der Waals surface area contributed by atoms with Gasteiger partial charge in [-0.3, -0.25) is 14.4 Å². The number of amides is 2. The maximum atomic E-state index is 12.5. The average Bonchev–Trinajstić information content (AvgIpc) is 2.58. The molecule has 6 nitrogen and oxygen atoms in total. The molecular formula is C19H23N3O3. The lowest BCUT2D eigenvalue weighted by Gasteiger charge is -2.22. The summed E-state index contributed by atoms with van der Waals surface area (Å²) < 4.78 is 0. The van der Waals surface area contributed by atoms with Crippen molar-refractivity contribution in [2.24, 2.45) is 5.92 Å². The Morgan fingerprint density at radius 3 is 2.52 bits per heavy atom. The van der Waals surface area contributed by atoms with Gasteiger partial charge < -0.3 is 15.6 Å². The molecule has 0 aliphatic heterocycles. The van der Waals surface area contributed by atoms with E-state index < -0.39 is 6.04 Å². The summed E-state index contributed by atoms with van der Waals surface area (Å²) in [6.45, 7) is 5.94. The van der Waals surface area contributed by atoms with Crippen LogP contribution < -0.4 is 16.2 Å². The van der Waals surface area contributed by atoms with Crippen molar-refractivity contribution in [2.75, 3.05) is 0 Å². The number of carbonyl (C=O) groups excluding carboxylic acids is 2. The van der Waals surface area contributed by atoms with Crippen molar-refractivity contribution >= 4 is 11.8 Å². The van der Waals surface area contributed by atoms with Gasteiger partial charge in [0, 0.05) is 24.4 Å². The zero-order chi connectivity index (χ0) is 18.4. The van der Waals surface area contributed by atoms with Crippen LogP contribution in [0.25, 0.3) is 0 Å². The Morgan fingerprint density at radius 1 is 1.16 bits per heavy atom.